The first-order valence-corrected chi connectivity index (χ1v) is 8.59. The second kappa shape index (κ2) is 6.67. The zero-order chi connectivity index (χ0) is 14.5. The number of hydrogen-bond acceptors (Lipinski definition) is 5. The molecule has 1 saturated heterocycles. The number of nitrogens with zero attached hydrogens (tertiary/aromatic N) is 1. The van der Waals surface area contributed by atoms with E-state index in [4.69, 9.17) is 5.73 Å². The van der Waals surface area contributed by atoms with Crippen LogP contribution in [0.25, 0.3) is 0 Å². The molecule has 0 aromatic heterocycles. The highest BCUT2D eigenvalue weighted by molar-refractivity contribution is 7.91. The zero-order valence-electron chi connectivity index (χ0n) is 11.8. The molecule has 1 atom stereocenters. The molecule has 1 unspecified atom stereocenters. The van der Waals surface area contributed by atoms with Crippen molar-refractivity contribution in [3.63, 3.8) is 0 Å². The second-order valence-electron chi connectivity index (χ2n) is 5.40. The summed E-state index contributed by atoms with van der Waals surface area (Å²) in [5, 5.41) is 3.17. The van der Waals surface area contributed by atoms with Gasteiger partial charge in [0.15, 0.2) is 9.84 Å². The lowest BCUT2D eigenvalue weighted by Gasteiger charge is -2.33. The Hall–Kier alpha value is -0.660. The maximum absolute atomic E-state index is 11.6. The summed E-state index contributed by atoms with van der Waals surface area (Å²) in [5.41, 5.74) is 4.67. The van der Waals surface area contributed by atoms with Crippen LogP contribution in [0, 0.1) is 0 Å². The van der Waals surface area contributed by atoms with Crippen LogP contribution in [0.3, 0.4) is 0 Å². The van der Waals surface area contributed by atoms with E-state index in [1.165, 1.54) is 0 Å². The summed E-state index contributed by atoms with van der Waals surface area (Å²) in [5.74, 6) is 0.00229. The number of nitrogens with one attached hydrogen (secondary N) is 1. The number of rotatable bonds is 6. The van der Waals surface area contributed by atoms with Crippen LogP contribution < -0.4 is 11.1 Å². The normalized spacial score (nSPS) is 23.5. The fourth-order valence-electron chi connectivity index (χ4n) is 2.22. The molecule has 7 heteroatoms. The lowest BCUT2D eigenvalue weighted by molar-refractivity contribution is -0.124. The number of primary amides is 1. The van der Waals surface area contributed by atoms with Gasteiger partial charge in [0.25, 0.3) is 0 Å². The molecule has 0 aromatic carbocycles. The van der Waals surface area contributed by atoms with E-state index in [-0.39, 0.29) is 11.5 Å². The molecule has 1 heterocycles. The van der Waals surface area contributed by atoms with Crippen LogP contribution in [0.15, 0.2) is 0 Å². The maximum Gasteiger partial charge on any atom is 0.238 e. The van der Waals surface area contributed by atoms with E-state index in [1.807, 2.05) is 11.8 Å². The minimum absolute atomic E-state index is 0.162. The maximum atomic E-state index is 11.6. The van der Waals surface area contributed by atoms with E-state index in [1.54, 1.807) is 6.92 Å². The monoisotopic (exact) mass is 291 g/mol. The Labute approximate surface area is 115 Å². The topological polar surface area (TPSA) is 92.5 Å². The van der Waals surface area contributed by atoms with E-state index in [0.29, 0.717) is 32.6 Å². The number of sulfone groups is 1. The van der Waals surface area contributed by atoms with Gasteiger partial charge in [0.2, 0.25) is 5.91 Å². The van der Waals surface area contributed by atoms with E-state index in [9.17, 15) is 13.2 Å². The molecule has 0 saturated carbocycles. The third-order valence-electron chi connectivity index (χ3n) is 3.50. The van der Waals surface area contributed by atoms with Crippen molar-refractivity contribution in [3.05, 3.63) is 0 Å². The Morgan fingerprint density at radius 1 is 1.37 bits per heavy atom. The van der Waals surface area contributed by atoms with Gasteiger partial charge in [0.05, 0.1) is 11.5 Å². The average Bonchev–Trinajstić information content (AvgIpc) is 2.48. The molecule has 0 aliphatic carbocycles. The van der Waals surface area contributed by atoms with Crippen molar-refractivity contribution in [3.8, 4) is 0 Å². The van der Waals surface area contributed by atoms with Crippen LogP contribution >= 0.6 is 0 Å². The minimum Gasteiger partial charge on any atom is -0.368 e. The summed E-state index contributed by atoms with van der Waals surface area (Å²) in [6.07, 6.45) is 1.53. The van der Waals surface area contributed by atoms with Crippen LogP contribution in [0.4, 0.5) is 0 Å². The molecule has 0 aromatic rings. The third kappa shape index (κ3) is 5.08. The molecule has 1 fully saturated rings. The zero-order valence-corrected chi connectivity index (χ0v) is 12.6. The molecule has 1 amide bonds. The predicted octanol–water partition coefficient (Wildman–Crippen LogP) is -0.649. The van der Waals surface area contributed by atoms with E-state index in [2.05, 4.69) is 5.32 Å². The standard InChI is InChI=1S/C12H25N3O3S/c1-3-5-14-12(2,11(13)16)10-15-6-4-8-19(17,18)9-7-15/h14H,3-10H2,1-2H3,(H2,13,16). The Morgan fingerprint density at radius 3 is 2.63 bits per heavy atom. The number of hydrogen-bond donors (Lipinski definition) is 2. The highest BCUT2D eigenvalue weighted by atomic mass is 32.2. The number of amides is 1. The Bertz CT molecular complexity index is 410. The van der Waals surface area contributed by atoms with Crippen molar-refractivity contribution in [1.29, 1.82) is 0 Å². The molecule has 1 rings (SSSR count). The Balaban J connectivity index is 2.66. The van der Waals surface area contributed by atoms with Crippen molar-refractivity contribution < 1.29 is 13.2 Å². The van der Waals surface area contributed by atoms with Crippen molar-refractivity contribution >= 4 is 15.7 Å². The van der Waals surface area contributed by atoms with E-state index >= 15 is 0 Å². The smallest absolute Gasteiger partial charge is 0.238 e. The van der Waals surface area contributed by atoms with Crippen LogP contribution in [-0.4, -0.2) is 62.4 Å². The average molecular weight is 291 g/mol. The van der Waals surface area contributed by atoms with Crippen molar-refractivity contribution in [2.45, 2.75) is 32.2 Å². The van der Waals surface area contributed by atoms with E-state index < -0.39 is 21.3 Å². The Kier molecular flexibility index (Phi) is 5.76. The minimum atomic E-state index is -2.92. The van der Waals surface area contributed by atoms with Gasteiger partial charge in [-0.1, -0.05) is 6.92 Å². The van der Waals surface area contributed by atoms with Gasteiger partial charge >= 0.3 is 0 Å². The summed E-state index contributed by atoms with van der Waals surface area (Å²) in [6, 6.07) is 0. The number of nitrogens with two attached hydrogens (primary N) is 1. The summed E-state index contributed by atoms with van der Waals surface area (Å²) in [7, 11) is -2.92. The molecule has 3 N–H and O–H groups in total. The van der Waals surface area contributed by atoms with Gasteiger partial charge in [0.1, 0.15) is 5.54 Å². The van der Waals surface area contributed by atoms with Crippen molar-refractivity contribution in [2.75, 3.05) is 37.7 Å². The summed E-state index contributed by atoms with van der Waals surface area (Å²) in [6.45, 7) is 6.13. The molecular formula is C12H25N3O3S. The van der Waals surface area contributed by atoms with Gasteiger partial charge in [-0.25, -0.2) is 8.42 Å². The number of carbonyl (C=O) groups is 1. The molecule has 0 bridgehead atoms. The molecule has 112 valence electrons. The van der Waals surface area contributed by atoms with Gasteiger partial charge in [-0.15, -0.1) is 0 Å². The van der Waals surface area contributed by atoms with Crippen molar-refractivity contribution in [1.82, 2.24) is 10.2 Å². The Morgan fingerprint density at radius 2 is 2.05 bits per heavy atom. The van der Waals surface area contributed by atoms with Gasteiger partial charge in [0, 0.05) is 13.1 Å². The summed E-state index contributed by atoms with van der Waals surface area (Å²) >= 11 is 0. The fourth-order valence-corrected chi connectivity index (χ4v) is 3.53. The van der Waals surface area contributed by atoms with Crippen molar-refractivity contribution in [2.24, 2.45) is 5.73 Å². The van der Waals surface area contributed by atoms with Crippen LogP contribution in [0.2, 0.25) is 0 Å². The van der Waals surface area contributed by atoms with E-state index in [0.717, 1.165) is 6.42 Å². The quantitative estimate of drug-likeness (QED) is 0.678. The van der Waals surface area contributed by atoms with Gasteiger partial charge in [-0.05, 0) is 32.9 Å². The van der Waals surface area contributed by atoms with Gasteiger partial charge in [-0.2, -0.15) is 0 Å². The SMILES string of the molecule is CCCNC(C)(CN1CCCS(=O)(=O)CC1)C(N)=O. The van der Waals surface area contributed by atoms with Crippen LogP contribution in [-0.2, 0) is 14.6 Å². The highest BCUT2D eigenvalue weighted by Gasteiger charge is 2.33. The fraction of sp³-hybridized carbons (Fsp3) is 0.917. The summed E-state index contributed by atoms with van der Waals surface area (Å²) in [4.78, 5) is 13.6. The molecule has 0 spiro atoms. The second-order valence-corrected chi connectivity index (χ2v) is 7.71. The summed E-state index contributed by atoms with van der Waals surface area (Å²) < 4.78 is 23.1. The van der Waals surface area contributed by atoms with Crippen LogP contribution in [0.1, 0.15) is 26.7 Å². The third-order valence-corrected chi connectivity index (χ3v) is 5.21. The molecule has 1 aliphatic rings. The predicted molar refractivity (Wildman–Crippen MR) is 75.6 cm³/mol. The first-order chi connectivity index (χ1) is 8.79. The highest BCUT2D eigenvalue weighted by Crippen LogP contribution is 2.11. The molecule has 19 heavy (non-hydrogen) atoms. The van der Waals surface area contributed by atoms with Crippen LogP contribution in [0.5, 0.6) is 0 Å². The molecule has 6 nitrogen and oxygen atoms in total. The molecule has 0 radical (unpaired) electrons. The molecular weight excluding hydrogens is 266 g/mol. The largest absolute Gasteiger partial charge is 0.368 e. The first-order valence-electron chi connectivity index (χ1n) is 6.77. The van der Waals surface area contributed by atoms with Gasteiger partial charge < -0.3 is 11.1 Å². The first kappa shape index (κ1) is 16.4. The lowest BCUT2D eigenvalue weighted by Crippen LogP contribution is -2.60. The lowest BCUT2D eigenvalue weighted by atomic mass is 10.0. The van der Waals surface area contributed by atoms with Gasteiger partial charge in [-0.3, -0.25) is 9.69 Å². The molecule has 1 aliphatic heterocycles. The number of carbonyl (C=O) groups excluding carboxylic acids is 1.